The van der Waals surface area contributed by atoms with E-state index in [1.165, 1.54) is 17.0 Å². The minimum atomic E-state index is -0.210. The molecule has 2 unspecified atom stereocenters. The van der Waals surface area contributed by atoms with Gasteiger partial charge in [0.15, 0.2) is 0 Å². The van der Waals surface area contributed by atoms with Crippen LogP contribution in [0.1, 0.15) is 30.3 Å². The van der Waals surface area contributed by atoms with Crippen LogP contribution in [0.4, 0.5) is 4.39 Å². The third kappa shape index (κ3) is 3.66. The number of thiophene rings is 1. The summed E-state index contributed by atoms with van der Waals surface area (Å²) in [5, 5.41) is 2.09. The van der Waals surface area contributed by atoms with Gasteiger partial charge in [-0.1, -0.05) is 25.1 Å². The van der Waals surface area contributed by atoms with Gasteiger partial charge >= 0.3 is 0 Å². The fourth-order valence-corrected chi connectivity index (χ4v) is 3.25. The van der Waals surface area contributed by atoms with E-state index in [4.69, 9.17) is 5.73 Å². The lowest BCUT2D eigenvalue weighted by molar-refractivity contribution is 0.178. The maximum absolute atomic E-state index is 13.1. The topological polar surface area (TPSA) is 29.3 Å². The third-order valence-corrected chi connectivity index (χ3v) is 4.31. The standard InChI is InChI=1S/C16H21FN2S/c1-3-19(11-15-5-4-10-20-15)16(12(2)18)13-6-8-14(17)9-7-13/h4-10,12,16H,3,11,18H2,1-2H3. The molecule has 2 rings (SSSR count). The van der Waals surface area contributed by atoms with Gasteiger partial charge in [0.1, 0.15) is 5.82 Å². The quantitative estimate of drug-likeness (QED) is 0.877. The molecule has 108 valence electrons. The van der Waals surface area contributed by atoms with Crippen LogP contribution in [0.25, 0.3) is 0 Å². The summed E-state index contributed by atoms with van der Waals surface area (Å²) in [6, 6.07) is 11.0. The lowest BCUT2D eigenvalue weighted by Gasteiger charge is -2.33. The molecule has 0 radical (unpaired) electrons. The van der Waals surface area contributed by atoms with E-state index in [1.807, 2.05) is 19.1 Å². The van der Waals surface area contributed by atoms with Gasteiger partial charge in [0.2, 0.25) is 0 Å². The average Bonchev–Trinajstić information content (AvgIpc) is 2.92. The van der Waals surface area contributed by atoms with E-state index in [2.05, 4.69) is 29.3 Å². The van der Waals surface area contributed by atoms with Crippen LogP contribution < -0.4 is 5.73 Å². The summed E-state index contributed by atoms with van der Waals surface area (Å²) in [5.74, 6) is -0.210. The van der Waals surface area contributed by atoms with Crippen LogP contribution in [0.2, 0.25) is 0 Å². The predicted molar refractivity (Wildman–Crippen MR) is 83.2 cm³/mol. The zero-order chi connectivity index (χ0) is 14.5. The molecule has 0 saturated heterocycles. The number of rotatable bonds is 6. The molecule has 0 aliphatic carbocycles. The third-order valence-electron chi connectivity index (χ3n) is 3.45. The molecular weight excluding hydrogens is 271 g/mol. The van der Waals surface area contributed by atoms with Crippen molar-refractivity contribution in [3.63, 3.8) is 0 Å². The predicted octanol–water partition coefficient (Wildman–Crippen LogP) is 3.80. The van der Waals surface area contributed by atoms with Crippen molar-refractivity contribution in [3.8, 4) is 0 Å². The van der Waals surface area contributed by atoms with E-state index in [0.29, 0.717) is 0 Å². The van der Waals surface area contributed by atoms with Crippen LogP contribution in [0.3, 0.4) is 0 Å². The molecule has 0 bridgehead atoms. The Kier molecular flexibility index (Phi) is 5.29. The summed E-state index contributed by atoms with van der Waals surface area (Å²) in [6.07, 6.45) is 0. The first-order valence-corrected chi connectivity index (χ1v) is 7.77. The highest BCUT2D eigenvalue weighted by Crippen LogP contribution is 2.26. The van der Waals surface area contributed by atoms with Crippen LogP contribution in [0.5, 0.6) is 0 Å². The molecule has 20 heavy (non-hydrogen) atoms. The summed E-state index contributed by atoms with van der Waals surface area (Å²) in [6.45, 7) is 5.91. The van der Waals surface area contributed by atoms with Crippen LogP contribution in [0, 0.1) is 5.82 Å². The van der Waals surface area contributed by atoms with Gasteiger partial charge in [0, 0.05) is 23.5 Å². The molecule has 2 nitrogen and oxygen atoms in total. The van der Waals surface area contributed by atoms with Crippen molar-refractivity contribution in [2.24, 2.45) is 5.73 Å². The molecule has 0 fully saturated rings. The maximum atomic E-state index is 13.1. The summed E-state index contributed by atoms with van der Waals surface area (Å²) in [4.78, 5) is 3.66. The fourth-order valence-electron chi connectivity index (χ4n) is 2.52. The number of nitrogens with two attached hydrogens (primary N) is 1. The van der Waals surface area contributed by atoms with E-state index in [9.17, 15) is 4.39 Å². The van der Waals surface area contributed by atoms with Gasteiger partial charge in [-0.15, -0.1) is 11.3 Å². The number of hydrogen-bond acceptors (Lipinski definition) is 3. The smallest absolute Gasteiger partial charge is 0.123 e. The molecule has 0 saturated carbocycles. The molecule has 0 aliphatic rings. The Morgan fingerprint density at radius 1 is 1.25 bits per heavy atom. The minimum absolute atomic E-state index is 0.0135. The largest absolute Gasteiger partial charge is 0.326 e. The molecular formula is C16H21FN2S. The highest BCUT2D eigenvalue weighted by molar-refractivity contribution is 7.09. The second-order valence-corrected chi connectivity index (χ2v) is 6.03. The Balaban J connectivity index is 2.23. The van der Waals surface area contributed by atoms with E-state index in [0.717, 1.165) is 18.7 Å². The Hall–Kier alpha value is -1.23. The normalized spacial score (nSPS) is 14.4. The zero-order valence-corrected chi connectivity index (χ0v) is 12.7. The van der Waals surface area contributed by atoms with Crippen molar-refractivity contribution in [3.05, 3.63) is 58.0 Å². The van der Waals surface area contributed by atoms with E-state index >= 15 is 0 Å². The Bertz CT molecular complexity index is 508. The van der Waals surface area contributed by atoms with Gasteiger partial charge < -0.3 is 5.73 Å². The number of benzene rings is 1. The van der Waals surface area contributed by atoms with Gasteiger partial charge in [-0.3, -0.25) is 4.90 Å². The van der Waals surface area contributed by atoms with Gasteiger partial charge in [-0.05, 0) is 42.6 Å². The molecule has 2 aromatic rings. The molecule has 1 aromatic heterocycles. The van der Waals surface area contributed by atoms with E-state index in [-0.39, 0.29) is 17.9 Å². The Morgan fingerprint density at radius 2 is 1.95 bits per heavy atom. The van der Waals surface area contributed by atoms with Gasteiger partial charge in [0.05, 0.1) is 0 Å². The van der Waals surface area contributed by atoms with Crippen LogP contribution in [-0.2, 0) is 6.54 Å². The second kappa shape index (κ2) is 6.97. The molecule has 0 amide bonds. The first-order valence-electron chi connectivity index (χ1n) is 6.89. The summed E-state index contributed by atoms with van der Waals surface area (Å²) < 4.78 is 13.1. The highest BCUT2D eigenvalue weighted by atomic mass is 32.1. The molecule has 1 heterocycles. The molecule has 1 aromatic carbocycles. The van der Waals surface area contributed by atoms with Crippen LogP contribution >= 0.6 is 11.3 Å². The molecule has 0 spiro atoms. The minimum Gasteiger partial charge on any atom is -0.326 e. The van der Waals surface area contributed by atoms with Crippen molar-refractivity contribution in [2.45, 2.75) is 32.5 Å². The summed E-state index contributed by atoms with van der Waals surface area (Å²) in [5.41, 5.74) is 7.25. The molecule has 0 aliphatic heterocycles. The van der Waals surface area contributed by atoms with Gasteiger partial charge in [-0.2, -0.15) is 0 Å². The summed E-state index contributed by atoms with van der Waals surface area (Å²) in [7, 11) is 0. The van der Waals surface area contributed by atoms with Crippen LogP contribution in [-0.4, -0.2) is 17.5 Å². The van der Waals surface area contributed by atoms with Crippen LogP contribution in [0.15, 0.2) is 41.8 Å². The lowest BCUT2D eigenvalue weighted by Crippen LogP contribution is -2.39. The van der Waals surface area contributed by atoms with Crippen molar-refractivity contribution < 1.29 is 4.39 Å². The van der Waals surface area contributed by atoms with Gasteiger partial charge in [0.25, 0.3) is 0 Å². The average molecular weight is 292 g/mol. The number of hydrogen-bond donors (Lipinski definition) is 1. The summed E-state index contributed by atoms with van der Waals surface area (Å²) >= 11 is 1.75. The number of likely N-dealkylation sites (N-methyl/N-ethyl adjacent to an activating group) is 1. The fraction of sp³-hybridized carbons (Fsp3) is 0.375. The zero-order valence-electron chi connectivity index (χ0n) is 11.9. The Morgan fingerprint density at radius 3 is 2.45 bits per heavy atom. The first-order chi connectivity index (χ1) is 9.61. The number of halogens is 1. The highest BCUT2D eigenvalue weighted by Gasteiger charge is 2.23. The van der Waals surface area contributed by atoms with E-state index in [1.54, 1.807) is 11.3 Å². The van der Waals surface area contributed by atoms with Crippen molar-refractivity contribution >= 4 is 11.3 Å². The monoisotopic (exact) mass is 292 g/mol. The SMILES string of the molecule is CCN(Cc1cccs1)C(c1ccc(F)cc1)C(C)N. The number of nitrogens with zero attached hydrogens (tertiary/aromatic N) is 1. The lowest BCUT2D eigenvalue weighted by atomic mass is 9.99. The Labute approximate surface area is 124 Å². The molecule has 2 N–H and O–H groups in total. The van der Waals surface area contributed by atoms with Crippen molar-refractivity contribution in [2.75, 3.05) is 6.54 Å². The van der Waals surface area contributed by atoms with E-state index < -0.39 is 0 Å². The first kappa shape index (κ1) is 15.2. The van der Waals surface area contributed by atoms with Crippen molar-refractivity contribution in [1.82, 2.24) is 4.90 Å². The molecule has 2 atom stereocenters. The maximum Gasteiger partial charge on any atom is 0.123 e. The second-order valence-electron chi connectivity index (χ2n) is 5.00. The molecule has 4 heteroatoms. The van der Waals surface area contributed by atoms with Crippen molar-refractivity contribution in [1.29, 1.82) is 0 Å². The van der Waals surface area contributed by atoms with Gasteiger partial charge in [-0.25, -0.2) is 4.39 Å².